The maximum Gasteiger partial charge on any atom is 0.405 e. The number of anilines is 2. The molecule has 0 spiro atoms. The van der Waals surface area contributed by atoms with E-state index < -0.39 is 42.3 Å². The van der Waals surface area contributed by atoms with Crippen molar-refractivity contribution in [1.29, 1.82) is 0 Å². The molecule has 0 radical (unpaired) electrons. The summed E-state index contributed by atoms with van der Waals surface area (Å²) in [5.74, 6) is -1.43. The second-order valence-electron chi connectivity index (χ2n) is 12.4. The van der Waals surface area contributed by atoms with Gasteiger partial charge in [-0.1, -0.05) is 68.5 Å². The summed E-state index contributed by atoms with van der Waals surface area (Å²) in [5.41, 5.74) is 7.77. The predicted molar refractivity (Wildman–Crippen MR) is 187 cm³/mol. The third-order valence-corrected chi connectivity index (χ3v) is 8.49. The maximum atomic E-state index is 13.4. The van der Waals surface area contributed by atoms with Gasteiger partial charge in [-0.05, 0) is 49.8 Å². The van der Waals surface area contributed by atoms with Crippen LogP contribution in [0.3, 0.4) is 0 Å². The monoisotopic (exact) mass is 679 g/mol. The van der Waals surface area contributed by atoms with Gasteiger partial charge in [0.05, 0.1) is 37.1 Å². The summed E-state index contributed by atoms with van der Waals surface area (Å²) in [6.45, 7) is 7.09. The Balaban J connectivity index is 2.13. The first-order valence-corrected chi connectivity index (χ1v) is 16.1. The van der Waals surface area contributed by atoms with E-state index in [4.69, 9.17) is 24.7 Å². The number of benzene rings is 2. The van der Waals surface area contributed by atoms with Crippen molar-refractivity contribution in [2.75, 3.05) is 32.0 Å². The molecule has 3 rings (SSSR count). The summed E-state index contributed by atoms with van der Waals surface area (Å²) in [6.07, 6.45) is 2.94. The number of amides is 3. The predicted octanol–water partition coefficient (Wildman–Crippen LogP) is 5.04. The van der Waals surface area contributed by atoms with Crippen molar-refractivity contribution in [2.45, 2.75) is 71.4 Å². The van der Waals surface area contributed by atoms with Crippen LogP contribution in [-0.4, -0.2) is 73.9 Å². The molecule has 2 bridgehead atoms. The molecule has 266 valence electrons. The van der Waals surface area contributed by atoms with Crippen LogP contribution in [-0.2, 0) is 36.6 Å². The fourth-order valence-corrected chi connectivity index (χ4v) is 5.90. The number of hydrogen-bond acceptors (Lipinski definition) is 9. The number of aromatic hydroxyl groups is 1. The van der Waals surface area contributed by atoms with Gasteiger partial charge in [0.1, 0.15) is 17.6 Å². The number of primary amides is 1. The Morgan fingerprint density at radius 3 is 2.39 bits per heavy atom. The number of hydrogen-bond donors (Lipinski definition) is 5. The topological polar surface area (TPSA) is 179 Å². The Kier molecular flexibility index (Phi) is 14.4. The van der Waals surface area contributed by atoms with Crippen LogP contribution in [0.25, 0.3) is 0 Å². The van der Waals surface area contributed by atoms with E-state index in [2.05, 4.69) is 10.6 Å². The van der Waals surface area contributed by atoms with E-state index in [0.29, 0.717) is 17.6 Å². The average Bonchev–Trinajstić information content (AvgIpc) is 3.06. The molecule has 2 aromatic carbocycles. The summed E-state index contributed by atoms with van der Waals surface area (Å²) >= 11 is 0. The van der Waals surface area contributed by atoms with Crippen molar-refractivity contribution in [3.63, 3.8) is 0 Å². The minimum Gasteiger partial charge on any atom is -0.505 e. The van der Waals surface area contributed by atoms with Gasteiger partial charge < -0.3 is 45.5 Å². The number of nitrogens with one attached hydrogen (secondary N) is 2. The highest BCUT2D eigenvalue weighted by atomic mass is 16.6. The molecule has 1 aliphatic heterocycles. The Morgan fingerprint density at radius 2 is 1.78 bits per heavy atom. The number of fused-ring (bicyclic) bond motifs is 2. The van der Waals surface area contributed by atoms with E-state index in [9.17, 15) is 24.6 Å². The summed E-state index contributed by atoms with van der Waals surface area (Å²) in [4.78, 5) is 38.3. The molecule has 6 N–H and O–H groups in total. The van der Waals surface area contributed by atoms with Crippen LogP contribution in [0.1, 0.15) is 45.2 Å². The lowest BCUT2D eigenvalue weighted by molar-refractivity contribution is -0.115. The molecular weight excluding hydrogens is 630 g/mol. The largest absolute Gasteiger partial charge is 0.505 e. The van der Waals surface area contributed by atoms with Crippen LogP contribution in [0.4, 0.5) is 16.2 Å². The molecule has 12 heteroatoms. The minimum absolute atomic E-state index is 0.0686. The van der Waals surface area contributed by atoms with Gasteiger partial charge >= 0.3 is 6.09 Å². The number of phenolic OH excluding ortho intramolecular Hbond substituents is 1. The highest BCUT2D eigenvalue weighted by Gasteiger charge is 2.30. The number of methoxy groups -OCH3 is 3. The van der Waals surface area contributed by atoms with Crippen LogP contribution in [0.5, 0.6) is 11.5 Å². The standard InChI is InChI=1S/C37H49N3O9/c1-21-16-26-33(43)27(20-28(35(26)48-7)39-31(41)19-25-13-9-8-10-14-25)40-36(44)22(2)12-11-15-29(46-5)34(49-37(38)45)24(4)18-23(3)32(42)30(17-21)47-6/h8-15,18,20-21,23,29-30,32,34,42-43H,16-17,19H2,1-7H3,(H2,38,45)(H,39,41)(H,40,44)/b15-11-,22-12+,24-18+/t21-,23+,29+,30+,32-,34+/m1/s1. The minimum atomic E-state index is -0.998. The zero-order valence-corrected chi connectivity index (χ0v) is 29.2. The zero-order chi connectivity index (χ0) is 36.2. The molecule has 0 unspecified atom stereocenters. The van der Waals surface area contributed by atoms with Crippen molar-refractivity contribution in [3.05, 3.63) is 83.0 Å². The van der Waals surface area contributed by atoms with Crippen molar-refractivity contribution in [1.82, 2.24) is 0 Å². The first-order valence-electron chi connectivity index (χ1n) is 16.1. The Labute approximate surface area is 288 Å². The second kappa shape index (κ2) is 18.2. The quantitative estimate of drug-likeness (QED) is 0.152. The third kappa shape index (κ3) is 10.7. The zero-order valence-electron chi connectivity index (χ0n) is 29.2. The second-order valence-corrected chi connectivity index (χ2v) is 12.4. The number of rotatable bonds is 7. The summed E-state index contributed by atoms with van der Waals surface area (Å²) in [7, 11) is 4.39. The number of carbonyl (C=O) groups excluding carboxylic acids is 3. The number of allylic oxidation sites excluding steroid dienone is 2. The number of nitrogens with two attached hydrogens (primary N) is 1. The molecule has 0 fully saturated rings. The van der Waals surface area contributed by atoms with Crippen molar-refractivity contribution >= 4 is 29.3 Å². The third-order valence-electron chi connectivity index (χ3n) is 8.49. The Hall–Kier alpha value is -4.65. The van der Waals surface area contributed by atoms with Gasteiger partial charge in [-0.3, -0.25) is 9.59 Å². The fourth-order valence-electron chi connectivity index (χ4n) is 5.90. The number of aliphatic hydroxyl groups excluding tert-OH is 1. The molecule has 6 atom stereocenters. The number of aliphatic hydroxyl groups is 1. The molecule has 2 aromatic rings. The van der Waals surface area contributed by atoms with E-state index in [1.165, 1.54) is 33.5 Å². The molecule has 12 nitrogen and oxygen atoms in total. The van der Waals surface area contributed by atoms with E-state index in [1.807, 2.05) is 44.2 Å². The first-order chi connectivity index (χ1) is 23.3. The molecule has 0 aliphatic carbocycles. The van der Waals surface area contributed by atoms with E-state index in [-0.39, 0.29) is 53.1 Å². The molecule has 0 saturated heterocycles. The normalized spacial score (nSPS) is 26.7. The van der Waals surface area contributed by atoms with Crippen molar-refractivity contribution < 1.29 is 43.5 Å². The Morgan fingerprint density at radius 1 is 1.08 bits per heavy atom. The van der Waals surface area contributed by atoms with Crippen LogP contribution in [0, 0.1) is 11.8 Å². The summed E-state index contributed by atoms with van der Waals surface area (Å²) < 4.78 is 22.5. The smallest absolute Gasteiger partial charge is 0.405 e. The van der Waals surface area contributed by atoms with Crippen LogP contribution >= 0.6 is 0 Å². The van der Waals surface area contributed by atoms with Gasteiger partial charge in [-0.15, -0.1) is 0 Å². The highest BCUT2D eigenvalue weighted by molar-refractivity contribution is 6.05. The number of phenols is 1. The highest BCUT2D eigenvalue weighted by Crippen LogP contribution is 2.43. The lowest BCUT2D eigenvalue weighted by Gasteiger charge is -2.29. The molecule has 0 aromatic heterocycles. The van der Waals surface area contributed by atoms with E-state index in [0.717, 1.165) is 5.56 Å². The van der Waals surface area contributed by atoms with E-state index in [1.54, 1.807) is 32.1 Å². The van der Waals surface area contributed by atoms with E-state index >= 15 is 0 Å². The first kappa shape index (κ1) is 38.8. The fraction of sp³-hybridized carbons (Fsp3) is 0.432. The molecule has 3 amide bonds. The van der Waals surface area contributed by atoms with Gasteiger partial charge in [0.2, 0.25) is 5.91 Å². The lowest BCUT2D eigenvalue weighted by Crippen LogP contribution is -2.37. The number of carbonyl (C=O) groups is 3. The van der Waals surface area contributed by atoms with Crippen LogP contribution < -0.4 is 21.1 Å². The lowest BCUT2D eigenvalue weighted by atomic mass is 9.87. The molecule has 1 heterocycles. The van der Waals surface area contributed by atoms with Gasteiger partial charge in [0.15, 0.2) is 6.10 Å². The Bertz CT molecular complexity index is 1550. The van der Waals surface area contributed by atoms with Crippen LogP contribution in [0.2, 0.25) is 0 Å². The number of ether oxygens (including phenoxy) is 4. The summed E-state index contributed by atoms with van der Waals surface area (Å²) in [6, 6.07) is 10.7. The molecule has 0 saturated carbocycles. The summed E-state index contributed by atoms with van der Waals surface area (Å²) in [5, 5.41) is 28.6. The maximum absolute atomic E-state index is 13.4. The van der Waals surface area contributed by atoms with Crippen molar-refractivity contribution in [3.8, 4) is 11.5 Å². The SMILES string of the molecule is COc1c(NC(=O)Cc2ccccc2)cc2c(O)c1C[C@@H](C)C[C@H](OC)[C@H](O)[C@@H](C)/C=C(\C)[C@H](OC(N)=O)[C@@H](OC)/C=C\C=C(/C)C(=O)N2. The molecule has 49 heavy (non-hydrogen) atoms. The van der Waals surface area contributed by atoms with Gasteiger partial charge in [0.25, 0.3) is 5.91 Å². The molecular formula is C37H49N3O9. The van der Waals surface area contributed by atoms with Gasteiger partial charge in [-0.25, -0.2) is 4.79 Å². The van der Waals surface area contributed by atoms with Crippen LogP contribution in [0.15, 0.2) is 71.8 Å². The molecule has 1 aliphatic rings. The van der Waals surface area contributed by atoms with Gasteiger partial charge in [0, 0.05) is 31.3 Å². The average molecular weight is 680 g/mol. The van der Waals surface area contributed by atoms with Gasteiger partial charge in [-0.2, -0.15) is 0 Å². The van der Waals surface area contributed by atoms with Crippen molar-refractivity contribution in [2.24, 2.45) is 17.6 Å².